The first-order valence-electron chi connectivity index (χ1n) is 6.30. The van der Waals surface area contributed by atoms with Crippen LogP contribution in [0.4, 0.5) is 0 Å². The fourth-order valence-corrected chi connectivity index (χ4v) is 2.13. The van der Waals surface area contributed by atoms with Crippen molar-refractivity contribution in [3.63, 3.8) is 0 Å². The van der Waals surface area contributed by atoms with E-state index < -0.39 is 0 Å². The maximum Gasteiger partial charge on any atom is 0.179 e. The molecular formula is C13H19N3OS. The summed E-state index contributed by atoms with van der Waals surface area (Å²) in [7, 11) is 0. The Labute approximate surface area is 112 Å². The summed E-state index contributed by atoms with van der Waals surface area (Å²) >= 11 is 5.30. The van der Waals surface area contributed by atoms with Crippen LogP contribution in [0.25, 0.3) is 11.2 Å². The van der Waals surface area contributed by atoms with Crippen molar-refractivity contribution in [3.8, 4) is 0 Å². The number of nitrogens with one attached hydrogen (secondary N) is 1. The molecule has 0 aliphatic heterocycles. The normalized spacial score (nSPS) is 11.5. The lowest BCUT2D eigenvalue weighted by molar-refractivity contribution is 0.105. The molecule has 0 aliphatic carbocycles. The lowest BCUT2D eigenvalue weighted by Gasteiger charge is -2.07. The van der Waals surface area contributed by atoms with E-state index in [4.69, 9.17) is 17.0 Å². The van der Waals surface area contributed by atoms with Crippen molar-refractivity contribution in [2.75, 3.05) is 13.2 Å². The summed E-state index contributed by atoms with van der Waals surface area (Å²) < 4.78 is 8.33. The van der Waals surface area contributed by atoms with E-state index in [0.29, 0.717) is 5.92 Å². The summed E-state index contributed by atoms with van der Waals surface area (Å²) in [5.41, 5.74) is 1.91. The van der Waals surface area contributed by atoms with Gasteiger partial charge in [-0.15, -0.1) is 0 Å². The molecule has 0 fully saturated rings. The number of imidazole rings is 1. The average Bonchev–Trinajstić information content (AvgIpc) is 2.65. The molecule has 0 aliphatic rings. The molecule has 0 unspecified atom stereocenters. The van der Waals surface area contributed by atoms with E-state index in [1.165, 1.54) is 0 Å². The van der Waals surface area contributed by atoms with Crippen molar-refractivity contribution in [2.24, 2.45) is 5.92 Å². The highest BCUT2D eigenvalue weighted by atomic mass is 32.1. The number of nitrogens with zero attached hydrogens (tertiary/aromatic N) is 2. The maximum atomic E-state index is 5.57. The number of aryl methyl sites for hydroxylation is 1. The Kier molecular flexibility index (Phi) is 4.49. The molecule has 1 N–H and O–H groups in total. The minimum absolute atomic E-state index is 0.585. The van der Waals surface area contributed by atoms with Crippen molar-refractivity contribution in [2.45, 2.75) is 26.8 Å². The second-order valence-corrected chi connectivity index (χ2v) is 5.17. The highest BCUT2D eigenvalue weighted by molar-refractivity contribution is 7.71. The zero-order valence-electron chi connectivity index (χ0n) is 10.8. The Hall–Kier alpha value is -1.20. The smallest absolute Gasteiger partial charge is 0.179 e. The number of aromatic amines is 1. The first-order chi connectivity index (χ1) is 8.68. The number of H-pyrrole nitrogens is 1. The van der Waals surface area contributed by atoms with Gasteiger partial charge in [0.1, 0.15) is 0 Å². The molecule has 4 nitrogen and oxygen atoms in total. The van der Waals surface area contributed by atoms with Gasteiger partial charge >= 0.3 is 0 Å². The van der Waals surface area contributed by atoms with Crippen LogP contribution in [-0.4, -0.2) is 27.7 Å². The van der Waals surface area contributed by atoms with Gasteiger partial charge in [-0.3, -0.25) is 0 Å². The van der Waals surface area contributed by atoms with Gasteiger partial charge in [0.2, 0.25) is 0 Å². The third-order valence-electron chi connectivity index (χ3n) is 2.65. The predicted octanol–water partition coefficient (Wildman–Crippen LogP) is 3.16. The monoisotopic (exact) mass is 265 g/mol. The molecule has 0 amide bonds. The van der Waals surface area contributed by atoms with Gasteiger partial charge in [-0.05, 0) is 36.7 Å². The molecule has 2 aromatic heterocycles. The van der Waals surface area contributed by atoms with Gasteiger partial charge in [0.05, 0.1) is 5.52 Å². The minimum Gasteiger partial charge on any atom is -0.381 e. The number of aromatic nitrogens is 3. The quantitative estimate of drug-likeness (QED) is 0.644. The summed E-state index contributed by atoms with van der Waals surface area (Å²) in [6.45, 7) is 6.73. The SMILES string of the molecule is CC(C)COCCCn1c(=S)[nH]c2cccnc21. The molecule has 5 heteroatoms. The number of fused-ring (bicyclic) bond motifs is 1. The van der Waals surface area contributed by atoms with Crippen LogP contribution in [-0.2, 0) is 11.3 Å². The molecule has 0 aromatic carbocycles. The van der Waals surface area contributed by atoms with Gasteiger partial charge in [0, 0.05) is 26.0 Å². The van der Waals surface area contributed by atoms with Crippen LogP contribution in [0.5, 0.6) is 0 Å². The Morgan fingerprint density at radius 1 is 1.50 bits per heavy atom. The number of ether oxygens (including phenoxy) is 1. The summed E-state index contributed by atoms with van der Waals surface area (Å²) in [6.07, 6.45) is 2.74. The van der Waals surface area contributed by atoms with Crippen molar-refractivity contribution in [3.05, 3.63) is 23.1 Å². The molecular weight excluding hydrogens is 246 g/mol. The Balaban J connectivity index is 1.95. The van der Waals surface area contributed by atoms with Crippen molar-refractivity contribution in [1.82, 2.24) is 14.5 Å². The number of pyridine rings is 1. The molecule has 2 aromatic rings. The molecule has 2 rings (SSSR count). The Morgan fingerprint density at radius 3 is 3.11 bits per heavy atom. The largest absolute Gasteiger partial charge is 0.381 e. The Bertz CT molecular complexity index is 559. The first kappa shape index (κ1) is 13.2. The zero-order valence-corrected chi connectivity index (χ0v) is 11.7. The fraction of sp³-hybridized carbons (Fsp3) is 0.538. The van der Waals surface area contributed by atoms with Crippen LogP contribution in [0, 0.1) is 10.7 Å². The molecule has 18 heavy (non-hydrogen) atoms. The lowest BCUT2D eigenvalue weighted by atomic mass is 10.2. The van der Waals surface area contributed by atoms with Gasteiger partial charge < -0.3 is 14.3 Å². The Morgan fingerprint density at radius 2 is 2.33 bits per heavy atom. The fourth-order valence-electron chi connectivity index (χ4n) is 1.84. The van der Waals surface area contributed by atoms with Crippen LogP contribution in [0.2, 0.25) is 0 Å². The van der Waals surface area contributed by atoms with E-state index >= 15 is 0 Å². The molecule has 98 valence electrons. The van der Waals surface area contributed by atoms with E-state index in [2.05, 4.69) is 23.8 Å². The second kappa shape index (κ2) is 6.11. The first-order valence-corrected chi connectivity index (χ1v) is 6.70. The standard InChI is InChI=1S/C13H19N3OS/c1-10(2)9-17-8-4-7-16-12-11(15-13(16)18)5-3-6-14-12/h3,5-6,10H,4,7-9H2,1-2H3,(H,15,18). The van der Waals surface area contributed by atoms with Gasteiger partial charge in [-0.1, -0.05) is 13.8 Å². The van der Waals surface area contributed by atoms with Crippen LogP contribution >= 0.6 is 12.2 Å². The topological polar surface area (TPSA) is 42.8 Å². The van der Waals surface area contributed by atoms with Gasteiger partial charge in [0.15, 0.2) is 10.4 Å². The van der Waals surface area contributed by atoms with E-state index in [0.717, 1.165) is 42.1 Å². The summed E-state index contributed by atoms with van der Waals surface area (Å²) in [4.78, 5) is 7.51. The number of hydrogen-bond acceptors (Lipinski definition) is 3. The molecule has 0 spiro atoms. The van der Waals surface area contributed by atoms with E-state index in [9.17, 15) is 0 Å². The van der Waals surface area contributed by atoms with Crippen molar-refractivity contribution < 1.29 is 4.74 Å². The zero-order chi connectivity index (χ0) is 13.0. The minimum atomic E-state index is 0.585. The average molecular weight is 265 g/mol. The van der Waals surface area contributed by atoms with E-state index in [1.54, 1.807) is 6.20 Å². The van der Waals surface area contributed by atoms with Crippen molar-refractivity contribution >= 4 is 23.4 Å². The van der Waals surface area contributed by atoms with Gasteiger partial charge in [-0.25, -0.2) is 4.98 Å². The maximum absolute atomic E-state index is 5.57. The molecule has 0 radical (unpaired) electrons. The molecule has 0 bridgehead atoms. The highest BCUT2D eigenvalue weighted by Gasteiger charge is 2.04. The predicted molar refractivity (Wildman–Crippen MR) is 75.2 cm³/mol. The van der Waals surface area contributed by atoms with E-state index in [1.807, 2.05) is 16.7 Å². The second-order valence-electron chi connectivity index (χ2n) is 4.78. The van der Waals surface area contributed by atoms with Gasteiger partial charge in [0.25, 0.3) is 0 Å². The molecule has 0 saturated carbocycles. The molecule has 2 heterocycles. The van der Waals surface area contributed by atoms with Crippen molar-refractivity contribution in [1.29, 1.82) is 0 Å². The summed E-state index contributed by atoms with van der Waals surface area (Å²) in [6, 6.07) is 3.90. The number of hydrogen-bond donors (Lipinski definition) is 1. The van der Waals surface area contributed by atoms with Crippen LogP contribution < -0.4 is 0 Å². The summed E-state index contributed by atoms with van der Waals surface area (Å²) in [5.74, 6) is 0.585. The van der Waals surface area contributed by atoms with Crippen LogP contribution in [0.15, 0.2) is 18.3 Å². The third-order valence-corrected chi connectivity index (χ3v) is 2.97. The van der Waals surface area contributed by atoms with E-state index in [-0.39, 0.29) is 0 Å². The third kappa shape index (κ3) is 3.17. The molecule has 0 atom stereocenters. The van der Waals surface area contributed by atoms with Crippen LogP contribution in [0.3, 0.4) is 0 Å². The lowest BCUT2D eigenvalue weighted by Crippen LogP contribution is -2.07. The number of rotatable bonds is 6. The van der Waals surface area contributed by atoms with Crippen LogP contribution in [0.1, 0.15) is 20.3 Å². The highest BCUT2D eigenvalue weighted by Crippen LogP contribution is 2.11. The van der Waals surface area contributed by atoms with Gasteiger partial charge in [-0.2, -0.15) is 0 Å². The summed E-state index contributed by atoms with van der Waals surface area (Å²) in [5, 5.41) is 0. The molecule has 0 saturated heterocycles.